The third-order valence-corrected chi connectivity index (χ3v) is 10.7. The second-order valence-corrected chi connectivity index (χ2v) is 16.1. The largest absolute Gasteiger partial charge is 2.00 e. The van der Waals surface area contributed by atoms with Crippen LogP contribution in [0.3, 0.4) is 0 Å². The van der Waals surface area contributed by atoms with E-state index < -0.39 is 20.5 Å². The molecule has 4 aromatic carbocycles. The number of benzene rings is 4. The minimum Gasteiger partial charge on any atom is -0.351 e. The maximum absolute atomic E-state index is 9.43. The average molecular weight is 864 g/mol. The molecular formula is C33H40Cl2N2O10P2Pd. The van der Waals surface area contributed by atoms with E-state index in [1.54, 1.807) is 28.2 Å². The quantitative estimate of drug-likeness (QED) is 0.0845. The number of rotatable bonds is 10. The molecule has 4 rings (SSSR count). The van der Waals surface area contributed by atoms with Gasteiger partial charge in [-0.2, -0.15) is 0 Å². The molecule has 0 aromatic heterocycles. The third kappa shape index (κ3) is 29.3. The van der Waals surface area contributed by atoms with Gasteiger partial charge in [-0.1, -0.05) is 121 Å². The van der Waals surface area contributed by atoms with Crippen LogP contribution in [0.4, 0.5) is 0 Å². The van der Waals surface area contributed by atoms with Gasteiger partial charge >= 0.3 is 20.4 Å². The summed E-state index contributed by atoms with van der Waals surface area (Å²) in [4.78, 5) is 21.8. The first-order valence-corrected chi connectivity index (χ1v) is 19.7. The van der Waals surface area contributed by atoms with Crippen LogP contribution < -0.4 is 58.5 Å². The van der Waals surface area contributed by atoms with Gasteiger partial charge in [0.15, 0.2) is 0 Å². The third-order valence-electron chi connectivity index (χ3n) is 5.46. The van der Waals surface area contributed by atoms with Crippen LogP contribution in [0.2, 0.25) is 0 Å². The van der Waals surface area contributed by atoms with Gasteiger partial charge in [0.25, 0.3) is 0 Å². The van der Waals surface area contributed by atoms with Gasteiger partial charge in [-0.25, -0.2) is 37.3 Å². The Morgan fingerprint density at radius 1 is 0.460 bits per heavy atom. The number of hydrogen-bond acceptors (Lipinski definition) is 10. The molecule has 12 nitrogen and oxygen atoms in total. The molecule has 17 heteroatoms. The van der Waals surface area contributed by atoms with Gasteiger partial charge in [0.1, 0.15) is 0 Å². The van der Waals surface area contributed by atoms with Gasteiger partial charge in [-0.3, -0.25) is 9.59 Å². The number of nitrogens with zero attached hydrogens (tertiary/aromatic N) is 2. The van der Waals surface area contributed by atoms with Gasteiger partial charge in [0.2, 0.25) is 12.8 Å². The molecule has 276 valence electrons. The van der Waals surface area contributed by atoms with Crippen LogP contribution in [0.1, 0.15) is 6.42 Å². The Balaban J connectivity index is 0. The van der Waals surface area contributed by atoms with Crippen molar-refractivity contribution in [1.29, 1.82) is 0 Å². The Bertz CT molecular complexity index is 1200. The van der Waals surface area contributed by atoms with E-state index in [9.17, 15) is 9.59 Å². The van der Waals surface area contributed by atoms with E-state index in [4.69, 9.17) is 37.3 Å². The Kier molecular flexibility index (Phi) is 28.1. The first kappa shape index (κ1) is 49.7. The van der Waals surface area contributed by atoms with Crippen molar-refractivity contribution in [2.45, 2.75) is 6.42 Å². The second-order valence-electron chi connectivity index (χ2n) is 9.89. The molecule has 0 bridgehead atoms. The standard InChI is InChI=1S/C27H26P2.2C3H7NO.2ClHO4.Pd/c1-5-14-24(15-6-1)28(25-16-7-2-8-17-25)22-13-23-29(26-18-9-3-10-19-26)27-20-11-4-12-21-27;2*1-4(2)3-5;2*2-1(3,4)5;/h1-12,14-21H,13,22-23H2;2*3H,1-2H3;2*(H,2,3,4,5);/q;;;;;+2/p-2. The number of carbonyl (C=O) groups is 2. The molecule has 0 aliphatic rings. The predicted molar refractivity (Wildman–Crippen MR) is 172 cm³/mol. The molecule has 50 heavy (non-hydrogen) atoms. The van der Waals surface area contributed by atoms with Crippen LogP contribution >= 0.6 is 15.8 Å². The Morgan fingerprint density at radius 3 is 0.760 bits per heavy atom. The Labute approximate surface area is 314 Å². The summed E-state index contributed by atoms with van der Waals surface area (Å²) in [5.74, 6) is 0. The maximum atomic E-state index is 9.43. The van der Waals surface area contributed by atoms with Gasteiger partial charge in [-0.05, 0) is 55.8 Å². The van der Waals surface area contributed by atoms with E-state index in [-0.39, 0.29) is 36.3 Å². The molecule has 0 unspecified atom stereocenters. The summed E-state index contributed by atoms with van der Waals surface area (Å²) in [5, 5.41) is 5.94. The van der Waals surface area contributed by atoms with E-state index in [0.29, 0.717) is 0 Å². The molecule has 0 spiro atoms. The molecule has 0 heterocycles. The monoisotopic (exact) mass is 862 g/mol. The Hall–Kier alpha value is -2.40. The van der Waals surface area contributed by atoms with Crippen molar-refractivity contribution < 1.29 is 87.8 Å². The minimum atomic E-state index is -4.94. The van der Waals surface area contributed by atoms with Crippen molar-refractivity contribution >= 4 is 49.9 Å². The summed E-state index contributed by atoms with van der Waals surface area (Å²) in [5.41, 5.74) is 0. The van der Waals surface area contributed by atoms with Gasteiger partial charge in [0, 0.05) is 28.2 Å². The second kappa shape index (κ2) is 28.2. The van der Waals surface area contributed by atoms with Gasteiger partial charge in [-0.15, -0.1) is 20.5 Å². The smallest absolute Gasteiger partial charge is 0.351 e. The topological polar surface area (TPSA) is 225 Å². The van der Waals surface area contributed by atoms with E-state index in [0.717, 1.165) is 12.8 Å². The SMILES string of the molecule is CN(C)C=O.CN(C)C=O.[O-][Cl+3]([O-])([O-])[O-].[O-][Cl+3]([O-])([O-])[O-].[Pd+2].c1ccc(P(CCCP(c2ccccc2)c2ccccc2)c2ccccc2)cc1. The van der Waals surface area contributed by atoms with Crippen LogP contribution in [0.5, 0.6) is 0 Å². The molecule has 0 radical (unpaired) electrons. The van der Waals surface area contributed by atoms with Crippen molar-refractivity contribution in [3.05, 3.63) is 121 Å². The summed E-state index contributed by atoms with van der Waals surface area (Å²) in [6, 6.07) is 44.3. The van der Waals surface area contributed by atoms with Gasteiger partial charge < -0.3 is 9.80 Å². The number of hydrogen-bond donors (Lipinski definition) is 0. The fraction of sp³-hybridized carbons (Fsp3) is 0.212. The zero-order valence-corrected chi connectivity index (χ0v) is 32.6. The molecule has 0 aliphatic carbocycles. The van der Waals surface area contributed by atoms with E-state index in [1.807, 2.05) is 0 Å². The Morgan fingerprint density at radius 2 is 0.620 bits per heavy atom. The number of amides is 2. The van der Waals surface area contributed by atoms with Crippen LogP contribution in [0.15, 0.2) is 121 Å². The van der Waals surface area contributed by atoms with Crippen molar-refractivity contribution in [2.24, 2.45) is 0 Å². The zero-order chi connectivity index (χ0) is 37.3. The number of carbonyl (C=O) groups excluding carboxylic acids is 2. The summed E-state index contributed by atoms with van der Waals surface area (Å²) in [6.45, 7) is 0. The predicted octanol–water partition coefficient (Wildman–Crippen LogP) is -4.46. The molecule has 0 aliphatic heterocycles. The molecular weight excluding hydrogens is 824 g/mol. The summed E-state index contributed by atoms with van der Waals surface area (Å²) in [7, 11) is -3.76. The molecule has 0 saturated heterocycles. The van der Waals surface area contributed by atoms with E-state index in [1.165, 1.54) is 49.8 Å². The van der Waals surface area contributed by atoms with Crippen molar-refractivity contribution in [1.82, 2.24) is 9.80 Å². The van der Waals surface area contributed by atoms with Crippen LogP contribution in [0, 0.1) is 20.5 Å². The fourth-order valence-electron chi connectivity index (χ4n) is 3.63. The normalized spacial score (nSPS) is 10.2. The van der Waals surface area contributed by atoms with E-state index in [2.05, 4.69) is 121 Å². The number of halogens is 2. The van der Waals surface area contributed by atoms with E-state index >= 15 is 0 Å². The van der Waals surface area contributed by atoms with Crippen molar-refractivity contribution in [3.8, 4) is 0 Å². The summed E-state index contributed by atoms with van der Waals surface area (Å²) >= 11 is 0. The summed E-state index contributed by atoms with van der Waals surface area (Å²) in [6.07, 6.45) is 5.22. The average Bonchev–Trinajstić information content (AvgIpc) is 3.05. The maximum Gasteiger partial charge on any atom is 2.00 e. The fourth-order valence-corrected chi connectivity index (χ4v) is 8.59. The summed E-state index contributed by atoms with van der Waals surface area (Å²) < 4.78 is 67.9. The zero-order valence-electron chi connectivity index (χ0n) is 27.8. The first-order chi connectivity index (χ1) is 23.0. The molecule has 0 saturated carbocycles. The van der Waals surface area contributed by atoms with Crippen LogP contribution in [-0.4, -0.2) is 63.1 Å². The van der Waals surface area contributed by atoms with Crippen LogP contribution in [-0.2, 0) is 30.0 Å². The molecule has 0 fully saturated rings. The molecule has 0 atom stereocenters. The van der Waals surface area contributed by atoms with Crippen LogP contribution in [0.25, 0.3) is 0 Å². The van der Waals surface area contributed by atoms with Gasteiger partial charge in [0.05, 0.1) is 0 Å². The molecule has 2 amide bonds. The van der Waals surface area contributed by atoms with Crippen molar-refractivity contribution in [3.63, 3.8) is 0 Å². The minimum absolute atomic E-state index is 0. The van der Waals surface area contributed by atoms with Crippen molar-refractivity contribution in [2.75, 3.05) is 40.5 Å². The molecule has 0 N–H and O–H groups in total. The first-order valence-electron chi connectivity index (χ1n) is 14.2. The molecule has 4 aromatic rings.